The maximum atomic E-state index is 13.6. The number of carbonyl (C=O) groups is 2. The maximum absolute atomic E-state index is 13.6. The van der Waals surface area contributed by atoms with Crippen molar-refractivity contribution in [3.05, 3.63) is 106 Å². The van der Waals surface area contributed by atoms with Crippen LogP contribution < -0.4 is 4.74 Å². The summed E-state index contributed by atoms with van der Waals surface area (Å²) in [7, 11) is 0. The number of aliphatic hydroxyl groups excluding tert-OH is 1. The zero-order valence-electron chi connectivity index (χ0n) is 18.5. The molecule has 7 heteroatoms. The summed E-state index contributed by atoms with van der Waals surface area (Å²) in [6.45, 7) is 2.51. The lowest BCUT2D eigenvalue weighted by molar-refractivity contribution is -0.139. The minimum atomic E-state index is -0.858. The van der Waals surface area contributed by atoms with Crippen molar-refractivity contribution in [2.24, 2.45) is 0 Å². The molecule has 174 valence electrons. The van der Waals surface area contributed by atoms with Gasteiger partial charge in [0.1, 0.15) is 17.3 Å². The van der Waals surface area contributed by atoms with Gasteiger partial charge < -0.3 is 14.7 Å². The second kappa shape index (κ2) is 10.1. The van der Waals surface area contributed by atoms with Crippen LogP contribution in [0, 0.1) is 5.82 Å². The third kappa shape index (κ3) is 4.82. The van der Waals surface area contributed by atoms with Crippen molar-refractivity contribution < 1.29 is 23.8 Å². The first-order chi connectivity index (χ1) is 16.4. The van der Waals surface area contributed by atoms with Crippen LogP contribution in [0.2, 0.25) is 5.02 Å². The molecule has 4 rings (SSSR count). The lowest BCUT2D eigenvalue weighted by Crippen LogP contribution is -2.31. The predicted molar refractivity (Wildman–Crippen MR) is 128 cm³/mol. The Labute approximate surface area is 202 Å². The van der Waals surface area contributed by atoms with Gasteiger partial charge in [-0.15, -0.1) is 0 Å². The fourth-order valence-electron chi connectivity index (χ4n) is 4.06. The van der Waals surface area contributed by atoms with Crippen LogP contribution in [0.4, 0.5) is 4.39 Å². The summed E-state index contributed by atoms with van der Waals surface area (Å²) in [4.78, 5) is 27.6. The van der Waals surface area contributed by atoms with E-state index >= 15 is 0 Å². The zero-order chi connectivity index (χ0) is 24.2. The second-order valence-corrected chi connectivity index (χ2v) is 8.32. The molecule has 1 unspecified atom stereocenters. The average molecular weight is 480 g/mol. The van der Waals surface area contributed by atoms with Gasteiger partial charge in [-0.3, -0.25) is 9.59 Å². The van der Waals surface area contributed by atoms with Gasteiger partial charge in [0.05, 0.1) is 18.2 Å². The first-order valence-corrected chi connectivity index (χ1v) is 11.3. The molecule has 0 aromatic heterocycles. The predicted octanol–water partition coefficient (Wildman–Crippen LogP) is 5.54. The number of halogens is 2. The third-order valence-electron chi connectivity index (χ3n) is 5.70. The molecule has 0 aliphatic carbocycles. The topological polar surface area (TPSA) is 66.8 Å². The van der Waals surface area contributed by atoms with Crippen molar-refractivity contribution in [3.8, 4) is 5.75 Å². The van der Waals surface area contributed by atoms with Crippen molar-refractivity contribution in [2.75, 3.05) is 13.2 Å². The Morgan fingerprint density at radius 2 is 1.76 bits per heavy atom. The van der Waals surface area contributed by atoms with Crippen LogP contribution in [0.1, 0.15) is 29.7 Å². The normalized spacial score (nSPS) is 17.3. The smallest absolute Gasteiger partial charge is 0.295 e. The van der Waals surface area contributed by atoms with E-state index in [-0.39, 0.29) is 17.9 Å². The molecule has 0 bridgehead atoms. The van der Waals surface area contributed by atoms with E-state index in [9.17, 15) is 19.1 Å². The van der Waals surface area contributed by atoms with E-state index in [1.165, 1.54) is 29.2 Å². The lowest BCUT2D eigenvalue weighted by Gasteiger charge is -2.25. The Balaban J connectivity index is 1.76. The largest absolute Gasteiger partial charge is 0.507 e. The quantitative estimate of drug-likeness (QED) is 0.274. The minimum absolute atomic E-state index is 0.0404. The van der Waals surface area contributed by atoms with Gasteiger partial charge in [0.15, 0.2) is 0 Å². The van der Waals surface area contributed by atoms with Crippen LogP contribution in [0.5, 0.6) is 5.75 Å². The highest BCUT2D eigenvalue weighted by atomic mass is 35.5. The summed E-state index contributed by atoms with van der Waals surface area (Å²) >= 11 is 5.96. The van der Waals surface area contributed by atoms with E-state index in [0.29, 0.717) is 34.9 Å². The number of rotatable bonds is 7. The molecule has 1 heterocycles. The molecule has 1 saturated heterocycles. The number of nitrogens with zero attached hydrogens (tertiary/aromatic N) is 1. The molecule has 3 aromatic carbocycles. The second-order valence-electron chi connectivity index (χ2n) is 7.88. The van der Waals surface area contributed by atoms with Crippen LogP contribution in [0.25, 0.3) is 5.76 Å². The molecule has 34 heavy (non-hydrogen) atoms. The molecular weight excluding hydrogens is 457 g/mol. The number of amides is 1. The van der Waals surface area contributed by atoms with Gasteiger partial charge in [0, 0.05) is 17.1 Å². The Hall–Kier alpha value is -3.64. The van der Waals surface area contributed by atoms with Gasteiger partial charge in [-0.05, 0) is 60.9 Å². The van der Waals surface area contributed by atoms with E-state index in [1.54, 1.807) is 36.4 Å². The average Bonchev–Trinajstić information content (AvgIpc) is 3.09. The molecular formula is C27H23ClFNO4. The first-order valence-electron chi connectivity index (χ1n) is 10.9. The van der Waals surface area contributed by atoms with Gasteiger partial charge >= 0.3 is 0 Å². The Morgan fingerprint density at radius 1 is 1.06 bits per heavy atom. The lowest BCUT2D eigenvalue weighted by atomic mass is 9.95. The van der Waals surface area contributed by atoms with Crippen LogP contribution in [0.3, 0.4) is 0 Å². The monoisotopic (exact) mass is 479 g/mol. The molecule has 0 saturated carbocycles. The summed E-state index contributed by atoms with van der Waals surface area (Å²) in [5.41, 5.74) is 1.78. The number of benzene rings is 3. The van der Waals surface area contributed by atoms with Crippen molar-refractivity contribution in [1.82, 2.24) is 4.90 Å². The van der Waals surface area contributed by atoms with E-state index in [4.69, 9.17) is 16.3 Å². The van der Waals surface area contributed by atoms with Crippen LogP contribution in [-0.2, 0) is 16.0 Å². The van der Waals surface area contributed by atoms with E-state index in [2.05, 4.69) is 0 Å². The highest BCUT2D eigenvalue weighted by Gasteiger charge is 2.45. The minimum Gasteiger partial charge on any atom is -0.507 e. The van der Waals surface area contributed by atoms with Crippen LogP contribution in [-0.4, -0.2) is 34.8 Å². The van der Waals surface area contributed by atoms with Gasteiger partial charge in [-0.2, -0.15) is 0 Å². The molecule has 1 amide bonds. The van der Waals surface area contributed by atoms with Gasteiger partial charge in [0.2, 0.25) is 0 Å². The standard InChI is InChI=1S/C27H23ClFNO4/c1-2-34-22-5-3-4-19(16-22)25(31)23-24(18-8-12-21(29)13-9-18)30(27(33)26(23)32)15-14-17-6-10-20(28)11-7-17/h3-13,16,24,31H,2,14-15H2,1H3/b25-23-. The molecule has 1 fully saturated rings. The van der Waals surface area contributed by atoms with E-state index in [1.807, 2.05) is 19.1 Å². The summed E-state index contributed by atoms with van der Waals surface area (Å²) in [6, 6.07) is 18.6. The number of ether oxygens (including phenoxy) is 1. The van der Waals surface area contributed by atoms with Crippen LogP contribution >= 0.6 is 11.6 Å². The molecule has 1 N–H and O–H groups in total. The number of hydrogen-bond donors (Lipinski definition) is 1. The third-order valence-corrected chi connectivity index (χ3v) is 5.95. The maximum Gasteiger partial charge on any atom is 0.295 e. The highest BCUT2D eigenvalue weighted by molar-refractivity contribution is 6.46. The molecule has 1 aliphatic rings. The number of likely N-dealkylation sites (tertiary alicyclic amines) is 1. The van der Waals surface area contributed by atoms with Gasteiger partial charge in [0.25, 0.3) is 11.7 Å². The molecule has 5 nitrogen and oxygen atoms in total. The van der Waals surface area contributed by atoms with Crippen molar-refractivity contribution >= 4 is 29.1 Å². The fraction of sp³-hybridized carbons (Fsp3) is 0.185. The Kier molecular flexibility index (Phi) is 6.98. The first kappa shape index (κ1) is 23.5. The molecule has 1 atom stereocenters. The number of aliphatic hydroxyl groups is 1. The molecule has 3 aromatic rings. The zero-order valence-corrected chi connectivity index (χ0v) is 19.3. The van der Waals surface area contributed by atoms with E-state index in [0.717, 1.165) is 5.56 Å². The fourth-order valence-corrected chi connectivity index (χ4v) is 4.18. The SMILES string of the molecule is CCOc1cccc(/C(O)=C2/C(=O)C(=O)N(CCc3ccc(Cl)cc3)C2c2ccc(F)cc2)c1. The van der Waals surface area contributed by atoms with E-state index < -0.39 is 23.5 Å². The number of Topliss-reactive ketones (excluding diaryl/α,β-unsaturated/α-hetero) is 1. The number of carbonyl (C=O) groups excluding carboxylic acids is 2. The van der Waals surface area contributed by atoms with Crippen molar-refractivity contribution in [1.29, 1.82) is 0 Å². The number of ketones is 1. The Morgan fingerprint density at radius 3 is 2.44 bits per heavy atom. The summed E-state index contributed by atoms with van der Waals surface area (Å²) in [5.74, 6) is -1.72. The van der Waals surface area contributed by atoms with Crippen molar-refractivity contribution in [2.45, 2.75) is 19.4 Å². The Bertz CT molecular complexity index is 1240. The summed E-state index contributed by atoms with van der Waals surface area (Å²) in [6.07, 6.45) is 0.474. The molecule has 0 spiro atoms. The van der Waals surface area contributed by atoms with Crippen LogP contribution in [0.15, 0.2) is 78.4 Å². The summed E-state index contributed by atoms with van der Waals surface area (Å²) < 4.78 is 19.1. The van der Waals surface area contributed by atoms with Crippen molar-refractivity contribution in [3.63, 3.8) is 0 Å². The van der Waals surface area contributed by atoms with Gasteiger partial charge in [-0.25, -0.2) is 4.39 Å². The molecule has 0 radical (unpaired) electrons. The summed E-state index contributed by atoms with van der Waals surface area (Å²) in [5, 5.41) is 11.8. The van der Waals surface area contributed by atoms with Gasteiger partial charge in [-0.1, -0.05) is 48.0 Å². The number of hydrogen-bond acceptors (Lipinski definition) is 4. The molecule has 1 aliphatic heterocycles. The highest BCUT2D eigenvalue weighted by Crippen LogP contribution is 2.39.